The second-order valence-corrected chi connectivity index (χ2v) is 8.66. The molecule has 1 saturated heterocycles. The topological polar surface area (TPSA) is 67.9 Å². The van der Waals surface area contributed by atoms with Gasteiger partial charge in [0.25, 0.3) is 0 Å². The molecule has 0 radical (unpaired) electrons. The predicted octanol–water partition coefficient (Wildman–Crippen LogP) is 4.60. The van der Waals surface area contributed by atoms with Gasteiger partial charge in [0.05, 0.1) is 24.8 Å². The lowest BCUT2D eigenvalue weighted by Gasteiger charge is -2.31. The molecule has 0 unspecified atom stereocenters. The summed E-state index contributed by atoms with van der Waals surface area (Å²) in [5, 5.41) is 5.03. The summed E-state index contributed by atoms with van der Waals surface area (Å²) in [5.41, 5.74) is 1.88. The summed E-state index contributed by atoms with van der Waals surface area (Å²) in [6.45, 7) is 4.57. The Morgan fingerprint density at radius 2 is 1.93 bits per heavy atom. The number of nitrogens with one attached hydrogen (secondary N) is 1. The van der Waals surface area contributed by atoms with Gasteiger partial charge in [-0.05, 0) is 74.3 Å². The average Bonchev–Trinajstić information content (AvgIpc) is 3.22. The van der Waals surface area contributed by atoms with Gasteiger partial charge in [0, 0.05) is 19.0 Å². The number of Topliss-reactive ketones (excluding diaryl/α,β-unsaturated/α-hetero) is 1. The molecule has 7 heteroatoms. The number of amides is 1. The highest BCUT2D eigenvalue weighted by Gasteiger charge is 2.21. The quantitative estimate of drug-likeness (QED) is 0.589. The Balaban J connectivity index is 1.41. The molecule has 0 saturated carbocycles. The van der Waals surface area contributed by atoms with E-state index in [2.05, 4.69) is 15.6 Å². The minimum atomic E-state index is 0.0101. The standard InChI is InChI=1S/C23H30N2O4S/c1-16(26)22-12-18(15-30-22)14-25-10-8-17(9-11-25)4-7-23(27)24-20-6-5-19(28-2)13-21(20)29-3/h5-6,12-13,15,17H,4,7-11,14H2,1-3H3,(H,24,27). The molecular weight excluding hydrogens is 400 g/mol. The Hall–Kier alpha value is -2.38. The number of hydrogen-bond donors (Lipinski definition) is 1. The maximum Gasteiger partial charge on any atom is 0.224 e. The molecule has 1 aromatic carbocycles. The highest BCUT2D eigenvalue weighted by atomic mass is 32.1. The lowest BCUT2D eigenvalue weighted by molar-refractivity contribution is -0.116. The molecule has 1 aromatic heterocycles. The Labute approximate surface area is 182 Å². The third-order valence-corrected chi connectivity index (χ3v) is 6.66. The largest absolute Gasteiger partial charge is 0.497 e. The minimum Gasteiger partial charge on any atom is -0.497 e. The number of nitrogens with zero attached hydrogens (tertiary/aromatic N) is 1. The second kappa shape index (κ2) is 10.6. The van der Waals surface area contributed by atoms with Crippen molar-refractivity contribution in [3.63, 3.8) is 0 Å². The van der Waals surface area contributed by atoms with Crippen LogP contribution in [0.1, 0.15) is 47.8 Å². The third kappa shape index (κ3) is 6.06. The van der Waals surface area contributed by atoms with Crippen LogP contribution in [-0.2, 0) is 11.3 Å². The molecule has 6 nitrogen and oxygen atoms in total. The smallest absolute Gasteiger partial charge is 0.224 e. The van der Waals surface area contributed by atoms with Gasteiger partial charge >= 0.3 is 0 Å². The van der Waals surface area contributed by atoms with Crippen molar-refractivity contribution in [3.05, 3.63) is 40.1 Å². The molecule has 0 aliphatic carbocycles. The van der Waals surface area contributed by atoms with Gasteiger partial charge in [0.15, 0.2) is 5.78 Å². The van der Waals surface area contributed by atoms with Crippen LogP contribution in [0, 0.1) is 5.92 Å². The number of likely N-dealkylation sites (tertiary alicyclic amines) is 1. The number of methoxy groups -OCH3 is 2. The minimum absolute atomic E-state index is 0.0101. The van der Waals surface area contributed by atoms with E-state index in [1.807, 2.05) is 6.07 Å². The van der Waals surface area contributed by atoms with Crippen molar-refractivity contribution in [1.29, 1.82) is 0 Å². The Bertz CT molecular complexity index is 872. The molecule has 1 aliphatic rings. The summed E-state index contributed by atoms with van der Waals surface area (Å²) in [6.07, 6.45) is 3.60. The highest BCUT2D eigenvalue weighted by Crippen LogP contribution is 2.30. The molecule has 1 aliphatic heterocycles. The van der Waals surface area contributed by atoms with Crippen LogP contribution in [0.25, 0.3) is 0 Å². The number of anilines is 1. The SMILES string of the molecule is COc1ccc(NC(=O)CCC2CCN(Cc3csc(C(C)=O)c3)CC2)c(OC)c1. The third-order valence-electron chi connectivity index (χ3n) is 5.58. The van der Waals surface area contributed by atoms with E-state index in [0.29, 0.717) is 29.5 Å². The van der Waals surface area contributed by atoms with E-state index >= 15 is 0 Å². The lowest BCUT2D eigenvalue weighted by atomic mass is 9.92. The molecule has 0 spiro atoms. The Morgan fingerprint density at radius 1 is 1.17 bits per heavy atom. The Kier molecular flexibility index (Phi) is 7.87. The van der Waals surface area contributed by atoms with Crippen LogP contribution in [-0.4, -0.2) is 43.9 Å². The summed E-state index contributed by atoms with van der Waals surface area (Å²) in [6, 6.07) is 7.38. The van der Waals surface area contributed by atoms with Gasteiger partial charge in [-0.25, -0.2) is 0 Å². The molecule has 1 fully saturated rings. The van der Waals surface area contributed by atoms with Gasteiger partial charge in [0.2, 0.25) is 5.91 Å². The lowest BCUT2D eigenvalue weighted by Crippen LogP contribution is -2.33. The number of rotatable bonds is 9. The molecule has 1 amide bonds. The van der Waals surface area contributed by atoms with Gasteiger partial charge in [-0.15, -0.1) is 11.3 Å². The zero-order valence-electron chi connectivity index (χ0n) is 17.9. The first-order chi connectivity index (χ1) is 14.5. The Morgan fingerprint density at radius 3 is 2.57 bits per heavy atom. The van der Waals surface area contributed by atoms with Crippen LogP contribution in [0.3, 0.4) is 0 Å². The molecule has 1 N–H and O–H groups in total. The van der Waals surface area contributed by atoms with Gasteiger partial charge < -0.3 is 14.8 Å². The van der Waals surface area contributed by atoms with Crippen molar-refractivity contribution in [2.45, 2.75) is 39.2 Å². The van der Waals surface area contributed by atoms with E-state index in [-0.39, 0.29) is 11.7 Å². The summed E-state index contributed by atoms with van der Waals surface area (Å²) >= 11 is 1.53. The van der Waals surface area contributed by atoms with Crippen molar-refractivity contribution >= 4 is 28.7 Å². The van der Waals surface area contributed by atoms with E-state index < -0.39 is 0 Å². The molecular formula is C23H30N2O4S. The number of thiophene rings is 1. The first kappa shape index (κ1) is 22.3. The van der Waals surface area contributed by atoms with E-state index in [0.717, 1.165) is 43.8 Å². The first-order valence-corrected chi connectivity index (χ1v) is 11.2. The fourth-order valence-corrected chi connectivity index (χ4v) is 4.59. The van der Waals surface area contributed by atoms with E-state index in [9.17, 15) is 9.59 Å². The van der Waals surface area contributed by atoms with Gasteiger partial charge in [-0.1, -0.05) is 0 Å². The normalized spacial score (nSPS) is 15.0. The van der Waals surface area contributed by atoms with Crippen molar-refractivity contribution in [2.75, 3.05) is 32.6 Å². The molecule has 162 valence electrons. The number of benzene rings is 1. The summed E-state index contributed by atoms with van der Waals surface area (Å²) in [5.74, 6) is 2.00. The van der Waals surface area contributed by atoms with Crippen LogP contribution in [0.5, 0.6) is 11.5 Å². The number of carbonyl (C=O) groups excluding carboxylic acids is 2. The summed E-state index contributed by atoms with van der Waals surface area (Å²) in [7, 11) is 3.18. The number of piperidine rings is 1. The van der Waals surface area contributed by atoms with Gasteiger partial charge in [-0.2, -0.15) is 0 Å². The number of ketones is 1. The van der Waals surface area contributed by atoms with Crippen molar-refractivity contribution in [1.82, 2.24) is 4.90 Å². The molecule has 2 heterocycles. The zero-order chi connectivity index (χ0) is 21.5. The van der Waals surface area contributed by atoms with Crippen molar-refractivity contribution < 1.29 is 19.1 Å². The van der Waals surface area contributed by atoms with Crippen LogP contribution in [0.4, 0.5) is 5.69 Å². The van der Waals surface area contributed by atoms with Crippen molar-refractivity contribution in [3.8, 4) is 11.5 Å². The molecule has 0 atom stereocenters. The van der Waals surface area contributed by atoms with Gasteiger partial charge in [-0.3, -0.25) is 14.5 Å². The van der Waals surface area contributed by atoms with Crippen LogP contribution < -0.4 is 14.8 Å². The molecule has 0 bridgehead atoms. The highest BCUT2D eigenvalue weighted by molar-refractivity contribution is 7.12. The second-order valence-electron chi connectivity index (χ2n) is 7.75. The summed E-state index contributed by atoms with van der Waals surface area (Å²) < 4.78 is 10.5. The van der Waals surface area contributed by atoms with E-state index in [4.69, 9.17) is 9.47 Å². The van der Waals surface area contributed by atoms with E-state index in [1.165, 1.54) is 16.9 Å². The molecule has 2 aromatic rings. The first-order valence-electron chi connectivity index (χ1n) is 10.3. The van der Waals surface area contributed by atoms with E-state index in [1.54, 1.807) is 39.3 Å². The van der Waals surface area contributed by atoms with Crippen LogP contribution in [0.2, 0.25) is 0 Å². The van der Waals surface area contributed by atoms with Crippen LogP contribution >= 0.6 is 11.3 Å². The number of hydrogen-bond acceptors (Lipinski definition) is 6. The maximum absolute atomic E-state index is 12.4. The maximum atomic E-state index is 12.4. The number of ether oxygens (including phenoxy) is 2. The fourth-order valence-electron chi connectivity index (χ4n) is 3.78. The predicted molar refractivity (Wildman–Crippen MR) is 120 cm³/mol. The van der Waals surface area contributed by atoms with Crippen LogP contribution in [0.15, 0.2) is 29.6 Å². The van der Waals surface area contributed by atoms with Crippen molar-refractivity contribution in [2.24, 2.45) is 5.92 Å². The summed E-state index contributed by atoms with van der Waals surface area (Å²) in [4.78, 5) is 27.1. The average molecular weight is 431 g/mol. The number of carbonyl (C=O) groups is 2. The zero-order valence-corrected chi connectivity index (χ0v) is 18.7. The molecule has 30 heavy (non-hydrogen) atoms. The van der Waals surface area contributed by atoms with Gasteiger partial charge in [0.1, 0.15) is 11.5 Å². The monoisotopic (exact) mass is 430 g/mol. The fraction of sp³-hybridized carbons (Fsp3) is 0.478. The molecule has 3 rings (SSSR count).